The molecule has 124 valence electrons. The van der Waals surface area contributed by atoms with Gasteiger partial charge in [0.1, 0.15) is 18.4 Å². The summed E-state index contributed by atoms with van der Waals surface area (Å²) in [7, 11) is 0. The van der Waals surface area contributed by atoms with Gasteiger partial charge in [0.15, 0.2) is 0 Å². The summed E-state index contributed by atoms with van der Waals surface area (Å²) in [5.41, 5.74) is 1.25. The molecule has 2 fully saturated rings. The fraction of sp³-hybridized carbons (Fsp3) is 0.611. The third-order valence-corrected chi connectivity index (χ3v) is 5.49. The van der Waals surface area contributed by atoms with E-state index in [0.29, 0.717) is 13.2 Å². The maximum atomic E-state index is 13.1. The molecule has 5 heteroatoms. The number of ether oxygens (including phenoxy) is 2. The molecule has 1 aromatic carbocycles. The molecule has 1 spiro atoms. The van der Waals surface area contributed by atoms with E-state index in [9.17, 15) is 4.79 Å². The highest BCUT2D eigenvalue weighted by Crippen LogP contribution is 2.41. The first-order valence-corrected chi connectivity index (χ1v) is 8.59. The van der Waals surface area contributed by atoms with E-state index in [1.165, 1.54) is 0 Å². The zero-order valence-corrected chi connectivity index (χ0v) is 13.4. The van der Waals surface area contributed by atoms with Crippen LogP contribution in [0.2, 0.25) is 0 Å². The molecule has 3 heterocycles. The Hall–Kier alpha value is -1.59. The number of likely N-dealkylation sites (tertiary alicyclic amines) is 1. The number of rotatable bonds is 1. The van der Waals surface area contributed by atoms with E-state index in [2.05, 4.69) is 5.32 Å². The van der Waals surface area contributed by atoms with E-state index in [1.807, 2.05) is 29.2 Å². The average Bonchev–Trinajstić information content (AvgIpc) is 2.87. The molecule has 3 aliphatic rings. The van der Waals surface area contributed by atoms with E-state index in [1.54, 1.807) is 0 Å². The summed E-state index contributed by atoms with van der Waals surface area (Å²) in [6, 6.07) is 7.59. The minimum atomic E-state index is -0.288. The third kappa shape index (κ3) is 2.83. The van der Waals surface area contributed by atoms with Crippen LogP contribution >= 0.6 is 0 Å². The first-order chi connectivity index (χ1) is 11.3. The van der Waals surface area contributed by atoms with Crippen LogP contribution in [0.3, 0.4) is 0 Å². The van der Waals surface area contributed by atoms with Crippen LogP contribution in [0.4, 0.5) is 0 Å². The minimum absolute atomic E-state index is 0.186. The second kappa shape index (κ2) is 6.13. The van der Waals surface area contributed by atoms with Gasteiger partial charge >= 0.3 is 0 Å². The number of nitrogens with one attached hydrogen (secondary N) is 1. The topological polar surface area (TPSA) is 50.8 Å². The van der Waals surface area contributed by atoms with Crippen molar-refractivity contribution in [3.63, 3.8) is 0 Å². The van der Waals surface area contributed by atoms with Gasteiger partial charge in [-0.15, -0.1) is 0 Å². The highest BCUT2D eigenvalue weighted by Gasteiger charge is 2.42. The number of para-hydroxylation sites is 1. The molecule has 0 radical (unpaired) electrons. The van der Waals surface area contributed by atoms with Crippen molar-refractivity contribution in [3.05, 3.63) is 29.8 Å². The monoisotopic (exact) mass is 316 g/mol. The first kappa shape index (κ1) is 15.0. The van der Waals surface area contributed by atoms with Crippen LogP contribution in [-0.4, -0.2) is 50.3 Å². The molecule has 5 nitrogen and oxygen atoms in total. The smallest absolute Gasteiger partial charge is 0.244 e. The predicted octanol–water partition coefficient (Wildman–Crippen LogP) is 1.74. The number of hydrogen-bond donors (Lipinski definition) is 1. The van der Waals surface area contributed by atoms with Gasteiger partial charge in [-0.3, -0.25) is 10.1 Å². The Labute approximate surface area is 136 Å². The van der Waals surface area contributed by atoms with Gasteiger partial charge < -0.3 is 14.4 Å². The van der Waals surface area contributed by atoms with Gasteiger partial charge in [-0.25, -0.2) is 0 Å². The predicted molar refractivity (Wildman–Crippen MR) is 86.4 cm³/mol. The molecule has 1 amide bonds. The average molecular weight is 316 g/mol. The fourth-order valence-electron chi connectivity index (χ4n) is 4.06. The van der Waals surface area contributed by atoms with Crippen LogP contribution in [0.25, 0.3) is 0 Å². The van der Waals surface area contributed by atoms with Gasteiger partial charge in [-0.05, 0) is 30.7 Å². The fourth-order valence-corrected chi connectivity index (χ4v) is 4.06. The van der Waals surface area contributed by atoms with Gasteiger partial charge in [0.2, 0.25) is 5.91 Å². The Morgan fingerprint density at radius 1 is 1.17 bits per heavy atom. The molecular formula is C18H24N2O3. The molecule has 0 saturated carbocycles. The lowest BCUT2D eigenvalue weighted by molar-refractivity contribution is -0.133. The van der Waals surface area contributed by atoms with Crippen molar-refractivity contribution in [1.82, 2.24) is 10.2 Å². The van der Waals surface area contributed by atoms with Crippen molar-refractivity contribution in [2.75, 3.05) is 39.5 Å². The second-order valence-corrected chi connectivity index (χ2v) is 6.90. The normalized spacial score (nSPS) is 26.4. The maximum absolute atomic E-state index is 13.1. The Kier molecular flexibility index (Phi) is 3.99. The van der Waals surface area contributed by atoms with Gasteiger partial charge in [0.05, 0.1) is 0 Å². The molecule has 0 aromatic heterocycles. The van der Waals surface area contributed by atoms with Crippen molar-refractivity contribution >= 4 is 5.91 Å². The molecule has 2 saturated heterocycles. The van der Waals surface area contributed by atoms with Crippen LogP contribution in [0.15, 0.2) is 24.3 Å². The standard InChI is InChI=1S/C18H24N2O3/c21-17(20-9-5-18(13-20)6-10-22-11-7-18)16-14-3-1-2-4-15(14)23-12-8-19-16/h1-4,16,19H,5-13H2. The van der Waals surface area contributed by atoms with Crippen molar-refractivity contribution in [1.29, 1.82) is 0 Å². The van der Waals surface area contributed by atoms with Crippen LogP contribution in [0, 0.1) is 5.41 Å². The molecule has 1 aromatic rings. The lowest BCUT2D eigenvalue weighted by Gasteiger charge is -2.33. The summed E-state index contributed by atoms with van der Waals surface area (Å²) in [5, 5.41) is 3.36. The lowest BCUT2D eigenvalue weighted by Crippen LogP contribution is -2.41. The van der Waals surface area contributed by atoms with Gasteiger partial charge in [0.25, 0.3) is 0 Å². The Morgan fingerprint density at radius 3 is 2.87 bits per heavy atom. The van der Waals surface area contributed by atoms with Crippen molar-refractivity contribution < 1.29 is 14.3 Å². The number of amides is 1. The largest absolute Gasteiger partial charge is 0.492 e. The summed E-state index contributed by atoms with van der Waals surface area (Å²) in [6.45, 7) is 4.69. The van der Waals surface area contributed by atoms with Crippen LogP contribution < -0.4 is 10.1 Å². The minimum Gasteiger partial charge on any atom is -0.492 e. The summed E-state index contributed by atoms with van der Waals surface area (Å²) in [5.74, 6) is 1.02. The van der Waals surface area contributed by atoms with Crippen LogP contribution in [0.5, 0.6) is 5.75 Å². The number of hydrogen-bond acceptors (Lipinski definition) is 4. The zero-order chi connectivity index (χ0) is 15.7. The summed E-state index contributed by atoms with van der Waals surface area (Å²) >= 11 is 0. The molecule has 0 aliphatic carbocycles. The van der Waals surface area contributed by atoms with Crippen LogP contribution in [-0.2, 0) is 9.53 Å². The van der Waals surface area contributed by atoms with E-state index in [0.717, 1.165) is 56.9 Å². The van der Waals surface area contributed by atoms with E-state index in [4.69, 9.17) is 9.47 Å². The number of fused-ring (bicyclic) bond motifs is 1. The summed E-state index contributed by atoms with van der Waals surface area (Å²) in [4.78, 5) is 15.2. The highest BCUT2D eigenvalue weighted by atomic mass is 16.5. The van der Waals surface area contributed by atoms with E-state index < -0.39 is 0 Å². The molecule has 0 bridgehead atoms. The Balaban J connectivity index is 1.53. The number of benzene rings is 1. The highest BCUT2D eigenvalue weighted by molar-refractivity contribution is 5.84. The first-order valence-electron chi connectivity index (χ1n) is 8.59. The zero-order valence-electron chi connectivity index (χ0n) is 13.4. The van der Waals surface area contributed by atoms with Gasteiger partial charge in [0, 0.05) is 38.4 Å². The molecule has 23 heavy (non-hydrogen) atoms. The van der Waals surface area contributed by atoms with Crippen molar-refractivity contribution in [2.45, 2.75) is 25.3 Å². The molecular weight excluding hydrogens is 292 g/mol. The Morgan fingerprint density at radius 2 is 2.00 bits per heavy atom. The van der Waals surface area contributed by atoms with Crippen molar-refractivity contribution in [2.24, 2.45) is 5.41 Å². The van der Waals surface area contributed by atoms with E-state index in [-0.39, 0.29) is 17.4 Å². The van der Waals surface area contributed by atoms with Gasteiger partial charge in [-0.1, -0.05) is 18.2 Å². The number of carbonyl (C=O) groups is 1. The second-order valence-electron chi connectivity index (χ2n) is 6.90. The quantitative estimate of drug-likeness (QED) is 0.857. The van der Waals surface area contributed by atoms with Crippen molar-refractivity contribution in [3.8, 4) is 5.75 Å². The molecule has 1 unspecified atom stereocenters. The summed E-state index contributed by atoms with van der Waals surface area (Å²) < 4.78 is 11.3. The SMILES string of the molecule is O=C(C1NCCOc2ccccc21)N1CCC2(CCOCC2)C1. The lowest BCUT2D eigenvalue weighted by atomic mass is 9.80. The maximum Gasteiger partial charge on any atom is 0.244 e. The summed E-state index contributed by atoms with van der Waals surface area (Å²) in [6.07, 6.45) is 3.26. The van der Waals surface area contributed by atoms with E-state index >= 15 is 0 Å². The molecule has 1 N–H and O–H groups in total. The molecule has 3 aliphatic heterocycles. The third-order valence-electron chi connectivity index (χ3n) is 5.49. The number of carbonyl (C=O) groups excluding carboxylic acids is 1. The molecule has 4 rings (SSSR count). The Bertz CT molecular complexity index is 583. The van der Waals surface area contributed by atoms with Crippen LogP contribution in [0.1, 0.15) is 30.9 Å². The number of nitrogens with zero attached hydrogens (tertiary/aromatic N) is 1. The van der Waals surface area contributed by atoms with Gasteiger partial charge in [-0.2, -0.15) is 0 Å². The molecule has 1 atom stereocenters.